The largest absolute Gasteiger partial charge is 0.339 e. The number of thiocarbonyl (C=S) groups is 2. The first-order valence-electron chi connectivity index (χ1n) is 15.8. The molecule has 3 aliphatic heterocycles. The molecule has 0 aliphatic carbocycles. The molecule has 0 saturated carbocycles. The molecule has 3 fully saturated rings. The average Bonchev–Trinajstić information content (AvgIpc) is 3.48. The van der Waals surface area contributed by atoms with Crippen LogP contribution in [0.3, 0.4) is 0 Å². The van der Waals surface area contributed by atoms with E-state index in [0.717, 1.165) is 36.0 Å². The Morgan fingerprint density at radius 1 is 0.638 bits per heavy atom. The van der Waals surface area contributed by atoms with Gasteiger partial charge in [0.15, 0.2) is 0 Å². The van der Waals surface area contributed by atoms with Gasteiger partial charge in [0.2, 0.25) is 11.8 Å². The molecule has 0 aromatic heterocycles. The van der Waals surface area contributed by atoms with E-state index in [0.29, 0.717) is 57.6 Å². The lowest BCUT2D eigenvalue weighted by molar-refractivity contribution is -0.140. The summed E-state index contributed by atoms with van der Waals surface area (Å²) in [6.07, 6.45) is 6.65. The zero-order valence-corrected chi connectivity index (χ0v) is 29.9. The number of carbonyl (C=O) groups is 4. The maximum Gasteiger partial charge on any atom is 0.266 e. The Labute approximate surface area is 295 Å². The van der Waals surface area contributed by atoms with E-state index in [9.17, 15) is 19.2 Å². The van der Waals surface area contributed by atoms with Crippen molar-refractivity contribution in [3.63, 3.8) is 0 Å². The molecule has 8 nitrogen and oxygen atoms in total. The number of benzene rings is 2. The number of carbonyl (C=O) groups excluding carboxylic acids is 4. The van der Waals surface area contributed by atoms with E-state index in [2.05, 4.69) is 0 Å². The molecule has 0 N–H and O–H groups in total. The maximum absolute atomic E-state index is 13.0. The molecule has 4 amide bonds. The minimum Gasteiger partial charge on any atom is -0.339 e. The summed E-state index contributed by atoms with van der Waals surface area (Å²) in [5, 5.41) is 0. The smallest absolute Gasteiger partial charge is 0.266 e. The predicted molar refractivity (Wildman–Crippen MR) is 198 cm³/mol. The topological polar surface area (TPSA) is 81.2 Å². The lowest BCUT2D eigenvalue weighted by Gasteiger charge is -2.35. The van der Waals surface area contributed by atoms with Crippen molar-refractivity contribution >= 4 is 92.4 Å². The molecule has 0 bridgehead atoms. The van der Waals surface area contributed by atoms with Gasteiger partial charge in [-0.1, -0.05) is 114 Å². The summed E-state index contributed by atoms with van der Waals surface area (Å²) in [5.74, 6) is -0.186. The molecular weight excluding hydrogens is 669 g/mol. The highest BCUT2D eigenvalue weighted by molar-refractivity contribution is 8.27. The summed E-state index contributed by atoms with van der Waals surface area (Å²) in [5.41, 5.74) is 4.22. The fourth-order valence-corrected chi connectivity index (χ4v) is 8.08. The number of rotatable bonds is 11. The standard InChI is InChI=1S/C35H38N4O4S4/c1-24-7-11-26(12-8-24)22-28-32(42)38(34(44)46-28)16-5-3-4-6-30(40)36-18-20-37(21-19-36)31(41)15-17-39-33(43)29(47-35(39)45)23-27-13-9-25(2)10-14-27/h7-14,22-23H,3-6,15-21H2,1-2H3. The number of nitrogens with zero attached hydrogens (tertiary/aromatic N) is 4. The van der Waals surface area contributed by atoms with E-state index in [-0.39, 0.29) is 36.6 Å². The van der Waals surface area contributed by atoms with Gasteiger partial charge < -0.3 is 9.80 Å². The van der Waals surface area contributed by atoms with Crippen molar-refractivity contribution in [1.82, 2.24) is 19.6 Å². The number of hydrogen-bond acceptors (Lipinski definition) is 8. The van der Waals surface area contributed by atoms with Crippen LogP contribution < -0.4 is 0 Å². The van der Waals surface area contributed by atoms with Crippen molar-refractivity contribution in [2.75, 3.05) is 39.3 Å². The van der Waals surface area contributed by atoms with Crippen LogP contribution in [0.5, 0.6) is 0 Å². The predicted octanol–water partition coefficient (Wildman–Crippen LogP) is 6.03. The van der Waals surface area contributed by atoms with Crippen LogP contribution in [0.15, 0.2) is 58.3 Å². The van der Waals surface area contributed by atoms with E-state index >= 15 is 0 Å². The fourth-order valence-electron chi connectivity index (χ4n) is 5.47. The third-order valence-corrected chi connectivity index (χ3v) is 11.1. The monoisotopic (exact) mass is 706 g/mol. The second kappa shape index (κ2) is 16.2. The van der Waals surface area contributed by atoms with Gasteiger partial charge in [-0.05, 0) is 50.0 Å². The summed E-state index contributed by atoms with van der Waals surface area (Å²) in [7, 11) is 0. The van der Waals surface area contributed by atoms with Gasteiger partial charge in [-0.25, -0.2) is 0 Å². The number of thioether (sulfide) groups is 2. The third-order valence-electron chi connectivity index (χ3n) is 8.30. The van der Waals surface area contributed by atoms with Crippen LogP contribution in [0, 0.1) is 13.8 Å². The van der Waals surface area contributed by atoms with E-state index in [1.807, 2.05) is 79.4 Å². The van der Waals surface area contributed by atoms with Gasteiger partial charge in [0, 0.05) is 52.1 Å². The highest BCUT2D eigenvalue weighted by atomic mass is 32.2. The van der Waals surface area contributed by atoms with Crippen molar-refractivity contribution in [2.24, 2.45) is 0 Å². The van der Waals surface area contributed by atoms with Crippen molar-refractivity contribution in [1.29, 1.82) is 0 Å². The van der Waals surface area contributed by atoms with Crippen molar-refractivity contribution in [3.05, 3.63) is 80.6 Å². The lowest BCUT2D eigenvalue weighted by Crippen LogP contribution is -2.51. The highest BCUT2D eigenvalue weighted by Crippen LogP contribution is 2.34. The second-order valence-electron chi connectivity index (χ2n) is 11.8. The SMILES string of the molecule is Cc1ccc(C=C2SC(=S)N(CCCCCC(=O)N3CCN(C(=O)CCN4C(=O)C(=Cc5ccc(C)cc5)SC4=S)CC3)C2=O)cc1. The number of amides is 4. The van der Waals surface area contributed by atoms with Gasteiger partial charge >= 0.3 is 0 Å². The van der Waals surface area contributed by atoms with E-state index in [1.54, 1.807) is 9.80 Å². The molecule has 0 radical (unpaired) electrons. The fraction of sp³-hybridized carbons (Fsp3) is 0.371. The molecule has 0 atom stereocenters. The van der Waals surface area contributed by atoms with Gasteiger partial charge in [0.1, 0.15) is 8.64 Å². The maximum atomic E-state index is 13.0. The summed E-state index contributed by atoms with van der Waals surface area (Å²) >= 11 is 13.5. The molecule has 2 aromatic rings. The van der Waals surface area contributed by atoms with Crippen LogP contribution in [0.2, 0.25) is 0 Å². The Hall–Kier alpha value is -3.32. The van der Waals surface area contributed by atoms with Crippen molar-refractivity contribution < 1.29 is 19.2 Å². The molecule has 3 aliphatic rings. The third kappa shape index (κ3) is 9.19. The van der Waals surface area contributed by atoms with Crippen molar-refractivity contribution in [3.8, 4) is 0 Å². The minimum atomic E-state index is -0.169. The molecule has 12 heteroatoms. The van der Waals surface area contributed by atoms with Crippen LogP contribution in [0.25, 0.3) is 12.2 Å². The molecule has 0 unspecified atom stereocenters. The Kier molecular flexibility index (Phi) is 12.1. The summed E-state index contributed by atoms with van der Waals surface area (Å²) in [6.45, 7) is 6.76. The van der Waals surface area contributed by atoms with E-state index < -0.39 is 0 Å². The zero-order chi connectivity index (χ0) is 33.5. The molecular formula is C35H38N4O4S4. The summed E-state index contributed by atoms with van der Waals surface area (Å²) in [6, 6.07) is 15.9. The summed E-state index contributed by atoms with van der Waals surface area (Å²) in [4.78, 5) is 59.6. The molecule has 246 valence electrons. The van der Waals surface area contributed by atoms with Gasteiger partial charge in [-0.15, -0.1) is 0 Å². The second-order valence-corrected chi connectivity index (χ2v) is 15.2. The van der Waals surface area contributed by atoms with Crippen LogP contribution >= 0.6 is 48.0 Å². The first-order valence-corrected chi connectivity index (χ1v) is 18.2. The highest BCUT2D eigenvalue weighted by Gasteiger charge is 2.33. The van der Waals surface area contributed by atoms with Gasteiger partial charge in [-0.3, -0.25) is 29.0 Å². The van der Waals surface area contributed by atoms with Gasteiger partial charge in [0.05, 0.1) is 9.81 Å². The quantitative estimate of drug-likeness (QED) is 0.159. The van der Waals surface area contributed by atoms with Gasteiger partial charge in [-0.2, -0.15) is 0 Å². The molecule has 2 aromatic carbocycles. The summed E-state index contributed by atoms with van der Waals surface area (Å²) < 4.78 is 1.04. The first kappa shape index (κ1) is 35.0. The average molecular weight is 707 g/mol. The number of piperazine rings is 1. The first-order chi connectivity index (χ1) is 22.6. The van der Waals surface area contributed by atoms with Crippen LogP contribution in [0.4, 0.5) is 0 Å². The van der Waals surface area contributed by atoms with E-state index in [4.69, 9.17) is 24.4 Å². The van der Waals surface area contributed by atoms with Crippen LogP contribution in [-0.2, 0) is 19.2 Å². The van der Waals surface area contributed by atoms with Crippen LogP contribution in [0.1, 0.15) is 54.4 Å². The van der Waals surface area contributed by atoms with Crippen LogP contribution in [-0.4, -0.2) is 91.1 Å². The number of hydrogen-bond donors (Lipinski definition) is 0. The van der Waals surface area contributed by atoms with Crippen molar-refractivity contribution in [2.45, 2.75) is 46.0 Å². The number of unbranched alkanes of at least 4 members (excludes halogenated alkanes) is 2. The Bertz CT molecular complexity index is 1610. The minimum absolute atomic E-state index is 0.0435. The molecule has 3 saturated heterocycles. The Morgan fingerprint density at radius 3 is 1.53 bits per heavy atom. The van der Waals surface area contributed by atoms with E-state index in [1.165, 1.54) is 34.0 Å². The normalized spacial score (nSPS) is 18.8. The lowest BCUT2D eigenvalue weighted by atomic mass is 10.1. The Balaban J connectivity index is 0.978. The molecule has 47 heavy (non-hydrogen) atoms. The molecule has 3 heterocycles. The molecule has 5 rings (SSSR count). The molecule has 0 spiro atoms. The Morgan fingerprint density at radius 2 is 1.06 bits per heavy atom. The zero-order valence-electron chi connectivity index (χ0n) is 26.6. The van der Waals surface area contributed by atoms with Gasteiger partial charge in [0.25, 0.3) is 11.8 Å². The number of aryl methyl sites for hydroxylation is 2.